The lowest BCUT2D eigenvalue weighted by molar-refractivity contribution is 0.197. The zero-order chi connectivity index (χ0) is 18.1. The average molecular weight is 344 g/mol. The molecule has 1 atom stereocenters. The van der Waals surface area contributed by atoms with Crippen LogP contribution in [-0.4, -0.2) is 23.4 Å². The second-order valence-electron chi connectivity index (χ2n) is 6.10. The van der Waals surface area contributed by atoms with Crippen LogP contribution < -0.4 is 11.5 Å². The summed E-state index contributed by atoms with van der Waals surface area (Å²) < 4.78 is 27.5. The molecule has 1 aliphatic rings. The quantitative estimate of drug-likeness (QED) is 0.616. The molecule has 4 N–H and O–H groups in total. The summed E-state index contributed by atoms with van der Waals surface area (Å²) in [6.07, 6.45) is 0. The molecule has 0 bridgehead atoms. The summed E-state index contributed by atoms with van der Waals surface area (Å²) in [5, 5.41) is 0. The van der Waals surface area contributed by atoms with Crippen molar-refractivity contribution in [1.82, 2.24) is 4.90 Å². The predicted molar refractivity (Wildman–Crippen MR) is 91.8 cm³/mol. The maximum Gasteiger partial charge on any atom is 0.347 e. The topological polar surface area (TPSA) is 84.7 Å². The molecular formula is C18H18F2N4O. The van der Waals surface area contributed by atoms with Crippen molar-refractivity contribution in [2.75, 3.05) is 6.54 Å². The second kappa shape index (κ2) is 6.51. The van der Waals surface area contributed by atoms with Crippen LogP contribution in [0.2, 0.25) is 0 Å². The number of aliphatic imine (C=N–C) groups is 1. The van der Waals surface area contributed by atoms with Gasteiger partial charge in [-0.15, -0.1) is 0 Å². The number of carbonyl (C=O) groups excluding carboxylic acids is 1. The second-order valence-corrected chi connectivity index (χ2v) is 6.10. The molecule has 25 heavy (non-hydrogen) atoms. The van der Waals surface area contributed by atoms with E-state index in [9.17, 15) is 13.6 Å². The highest BCUT2D eigenvalue weighted by molar-refractivity contribution is 5.90. The first kappa shape index (κ1) is 16.9. The van der Waals surface area contributed by atoms with E-state index in [0.29, 0.717) is 17.7 Å². The van der Waals surface area contributed by atoms with Crippen molar-refractivity contribution in [2.24, 2.45) is 16.5 Å². The zero-order valence-electron chi connectivity index (χ0n) is 13.7. The monoisotopic (exact) mass is 344 g/mol. The van der Waals surface area contributed by atoms with Crippen LogP contribution in [-0.2, 0) is 6.54 Å². The number of carbonyl (C=O) groups is 1. The van der Waals surface area contributed by atoms with E-state index in [1.54, 1.807) is 6.07 Å². The van der Waals surface area contributed by atoms with Gasteiger partial charge in [-0.05, 0) is 34.7 Å². The van der Waals surface area contributed by atoms with Gasteiger partial charge in [0.25, 0.3) is 0 Å². The molecule has 0 aliphatic carbocycles. The van der Waals surface area contributed by atoms with E-state index in [1.165, 1.54) is 17.0 Å². The van der Waals surface area contributed by atoms with Crippen molar-refractivity contribution >= 4 is 12.0 Å². The van der Waals surface area contributed by atoms with Gasteiger partial charge in [0.05, 0.1) is 0 Å². The molecule has 2 aromatic rings. The fourth-order valence-electron chi connectivity index (χ4n) is 3.21. The van der Waals surface area contributed by atoms with Gasteiger partial charge in [-0.2, -0.15) is 4.99 Å². The van der Waals surface area contributed by atoms with Crippen molar-refractivity contribution < 1.29 is 13.6 Å². The molecule has 0 aromatic heterocycles. The maximum absolute atomic E-state index is 14.3. The third-order valence-corrected chi connectivity index (χ3v) is 4.30. The molecule has 5 nitrogen and oxygen atoms in total. The Morgan fingerprint density at radius 2 is 1.96 bits per heavy atom. The Balaban J connectivity index is 2.07. The third kappa shape index (κ3) is 3.31. The van der Waals surface area contributed by atoms with Crippen molar-refractivity contribution in [1.29, 1.82) is 0 Å². The lowest BCUT2D eigenvalue weighted by Gasteiger charge is -2.33. The van der Waals surface area contributed by atoms with Gasteiger partial charge in [0, 0.05) is 24.7 Å². The minimum atomic E-state index is -0.645. The molecule has 2 amide bonds. The first-order valence-electron chi connectivity index (χ1n) is 7.82. The number of amides is 2. The first-order chi connectivity index (χ1) is 11.9. The van der Waals surface area contributed by atoms with Crippen LogP contribution in [0.5, 0.6) is 0 Å². The van der Waals surface area contributed by atoms with E-state index in [1.807, 2.05) is 19.1 Å². The van der Waals surface area contributed by atoms with Gasteiger partial charge in [-0.3, -0.25) is 0 Å². The summed E-state index contributed by atoms with van der Waals surface area (Å²) >= 11 is 0. The van der Waals surface area contributed by atoms with Crippen molar-refractivity contribution in [2.45, 2.75) is 19.4 Å². The summed E-state index contributed by atoms with van der Waals surface area (Å²) in [6.45, 7) is 2.68. The van der Waals surface area contributed by atoms with Gasteiger partial charge in [0.1, 0.15) is 11.6 Å². The Morgan fingerprint density at radius 1 is 1.20 bits per heavy atom. The Bertz CT molecular complexity index is 862. The summed E-state index contributed by atoms with van der Waals surface area (Å²) in [7, 11) is 0. The van der Waals surface area contributed by atoms with E-state index < -0.39 is 17.7 Å². The smallest absolute Gasteiger partial charge is 0.347 e. The first-order valence-corrected chi connectivity index (χ1v) is 7.82. The minimum Gasteiger partial charge on any atom is -0.370 e. The fraction of sp³-hybridized carbons (Fsp3) is 0.222. The molecule has 0 spiro atoms. The van der Waals surface area contributed by atoms with E-state index in [-0.39, 0.29) is 18.4 Å². The molecule has 0 radical (unpaired) electrons. The number of hydrogen-bond donors (Lipinski definition) is 2. The van der Waals surface area contributed by atoms with E-state index >= 15 is 0 Å². The number of benzene rings is 2. The van der Waals surface area contributed by atoms with Gasteiger partial charge < -0.3 is 16.4 Å². The number of nitrogens with zero attached hydrogens (tertiary/aromatic N) is 2. The van der Waals surface area contributed by atoms with Crippen LogP contribution in [0.3, 0.4) is 0 Å². The zero-order valence-corrected chi connectivity index (χ0v) is 13.7. The van der Waals surface area contributed by atoms with E-state index in [4.69, 9.17) is 11.5 Å². The highest BCUT2D eigenvalue weighted by atomic mass is 19.1. The number of urea groups is 1. The molecule has 1 aliphatic heterocycles. The van der Waals surface area contributed by atoms with Crippen LogP contribution >= 0.6 is 0 Å². The molecule has 3 rings (SSSR count). The van der Waals surface area contributed by atoms with Gasteiger partial charge in [-0.25, -0.2) is 13.6 Å². The predicted octanol–water partition coefficient (Wildman–Crippen LogP) is 2.94. The average Bonchev–Trinajstić information content (AvgIpc) is 2.54. The van der Waals surface area contributed by atoms with Gasteiger partial charge >= 0.3 is 6.03 Å². The molecule has 7 heteroatoms. The number of rotatable bonds is 1. The fourth-order valence-corrected chi connectivity index (χ4v) is 3.21. The Morgan fingerprint density at radius 3 is 2.64 bits per heavy atom. The van der Waals surface area contributed by atoms with E-state index in [2.05, 4.69) is 4.99 Å². The van der Waals surface area contributed by atoms with Crippen molar-refractivity contribution in [3.05, 3.63) is 59.2 Å². The van der Waals surface area contributed by atoms with Gasteiger partial charge in [-0.1, -0.05) is 25.1 Å². The van der Waals surface area contributed by atoms with Crippen LogP contribution in [0.4, 0.5) is 13.6 Å². The number of nitrogens with two attached hydrogens (primary N) is 2. The van der Waals surface area contributed by atoms with Crippen LogP contribution in [0.25, 0.3) is 11.1 Å². The lowest BCUT2D eigenvalue weighted by atomic mass is 9.86. The van der Waals surface area contributed by atoms with Crippen LogP contribution in [0, 0.1) is 11.6 Å². The minimum absolute atomic E-state index is 0.0327. The molecular weight excluding hydrogens is 326 g/mol. The van der Waals surface area contributed by atoms with Crippen molar-refractivity contribution in [3.63, 3.8) is 0 Å². The Labute approximate surface area is 143 Å². The highest BCUT2D eigenvalue weighted by Crippen LogP contribution is 2.36. The maximum atomic E-state index is 14.3. The van der Waals surface area contributed by atoms with Crippen LogP contribution in [0.15, 0.2) is 41.4 Å². The molecule has 2 aromatic carbocycles. The molecule has 130 valence electrons. The number of halogens is 2. The Kier molecular flexibility index (Phi) is 4.39. The SMILES string of the molecule is CC1CN(C(=O)N=C(N)N)Cc2c(-c3ccc(F)cc3F)cccc21. The molecule has 1 unspecified atom stereocenters. The van der Waals surface area contributed by atoms with Crippen LogP contribution in [0.1, 0.15) is 24.0 Å². The van der Waals surface area contributed by atoms with Gasteiger partial charge in [0.15, 0.2) is 5.96 Å². The Hall–Kier alpha value is -2.96. The molecule has 1 heterocycles. The summed E-state index contributed by atoms with van der Waals surface area (Å²) in [4.78, 5) is 17.3. The highest BCUT2D eigenvalue weighted by Gasteiger charge is 2.28. The number of hydrogen-bond acceptors (Lipinski definition) is 1. The summed E-state index contributed by atoms with van der Waals surface area (Å²) in [5.41, 5.74) is 13.3. The van der Waals surface area contributed by atoms with Crippen molar-refractivity contribution in [3.8, 4) is 11.1 Å². The summed E-state index contributed by atoms with van der Waals surface area (Å²) in [5.74, 6) is -1.55. The van der Waals surface area contributed by atoms with E-state index in [0.717, 1.165) is 17.2 Å². The van der Waals surface area contributed by atoms with Gasteiger partial charge in [0.2, 0.25) is 0 Å². The third-order valence-electron chi connectivity index (χ3n) is 4.30. The number of guanidine groups is 1. The standard InChI is InChI=1S/C18H18F2N4O/c1-10-8-24(18(25)23-17(21)22)9-15-12(10)3-2-4-13(15)14-6-5-11(19)7-16(14)20/h2-7,10H,8-9H2,1H3,(H4,21,22,23,25). The summed E-state index contributed by atoms with van der Waals surface area (Å²) in [6, 6.07) is 8.48. The molecule has 0 saturated heterocycles. The molecule has 0 fully saturated rings. The normalized spacial score (nSPS) is 16.3. The number of fused-ring (bicyclic) bond motifs is 1. The largest absolute Gasteiger partial charge is 0.370 e. The lowest BCUT2D eigenvalue weighted by Crippen LogP contribution is -2.38. The molecule has 0 saturated carbocycles.